The predicted molar refractivity (Wildman–Crippen MR) is 88.3 cm³/mol. The quantitative estimate of drug-likeness (QED) is 0.618. The number of carbonyl (C=O) groups excluding carboxylic acids is 2. The van der Waals surface area contributed by atoms with Gasteiger partial charge in [0.25, 0.3) is 0 Å². The fourth-order valence-corrected chi connectivity index (χ4v) is 2.36. The third-order valence-electron chi connectivity index (χ3n) is 3.65. The molecule has 24 heavy (non-hydrogen) atoms. The van der Waals surface area contributed by atoms with Gasteiger partial charge in [-0.3, -0.25) is 4.90 Å². The summed E-state index contributed by atoms with van der Waals surface area (Å²) in [6.07, 6.45) is 1.08. The van der Waals surface area contributed by atoms with Crippen LogP contribution in [-0.2, 0) is 30.3 Å². The van der Waals surface area contributed by atoms with Crippen LogP contribution in [0.5, 0.6) is 0 Å². The first-order valence-electron chi connectivity index (χ1n) is 7.67. The van der Waals surface area contributed by atoms with E-state index in [1.807, 2.05) is 24.3 Å². The Morgan fingerprint density at radius 3 is 2.58 bits per heavy atom. The van der Waals surface area contributed by atoms with Crippen molar-refractivity contribution in [2.45, 2.75) is 6.54 Å². The maximum Gasteiger partial charge on any atom is 0.354 e. The van der Waals surface area contributed by atoms with Crippen molar-refractivity contribution < 1.29 is 23.8 Å². The molecule has 0 bridgehead atoms. The molecule has 0 spiro atoms. The third-order valence-corrected chi connectivity index (χ3v) is 3.65. The van der Waals surface area contributed by atoms with Crippen molar-refractivity contribution in [2.75, 3.05) is 45.8 Å². The van der Waals surface area contributed by atoms with Gasteiger partial charge in [-0.1, -0.05) is 18.2 Å². The van der Waals surface area contributed by atoms with Crippen LogP contribution < -0.4 is 5.32 Å². The summed E-state index contributed by atoms with van der Waals surface area (Å²) < 4.78 is 14.7. The molecule has 2 rings (SSSR count). The van der Waals surface area contributed by atoms with Crippen molar-refractivity contribution in [1.82, 2.24) is 4.90 Å². The molecule has 0 saturated carbocycles. The van der Waals surface area contributed by atoms with E-state index in [4.69, 9.17) is 9.47 Å². The Morgan fingerprint density at radius 2 is 1.92 bits per heavy atom. The van der Waals surface area contributed by atoms with Crippen LogP contribution in [0.15, 0.2) is 36.0 Å². The minimum absolute atomic E-state index is 0.0266. The van der Waals surface area contributed by atoms with E-state index in [9.17, 15) is 9.59 Å². The molecule has 1 aliphatic rings. The molecule has 1 N–H and O–H groups in total. The maximum absolute atomic E-state index is 11.9. The number of esters is 2. The lowest BCUT2D eigenvalue weighted by Gasteiger charge is -2.27. The molecule has 0 radical (unpaired) electrons. The van der Waals surface area contributed by atoms with Gasteiger partial charge in [0.2, 0.25) is 0 Å². The van der Waals surface area contributed by atoms with E-state index in [0.29, 0.717) is 13.2 Å². The molecular formula is C17H22N2O5. The fraction of sp³-hybridized carbons (Fsp3) is 0.412. The summed E-state index contributed by atoms with van der Waals surface area (Å²) in [5, 5.41) is 2.98. The molecule has 0 amide bonds. The average molecular weight is 334 g/mol. The van der Waals surface area contributed by atoms with Gasteiger partial charge in [-0.2, -0.15) is 0 Å². The number of morpholine rings is 1. The van der Waals surface area contributed by atoms with Crippen molar-refractivity contribution in [2.24, 2.45) is 0 Å². The number of hydrogen-bond acceptors (Lipinski definition) is 7. The zero-order valence-corrected chi connectivity index (χ0v) is 13.9. The summed E-state index contributed by atoms with van der Waals surface area (Å²) in [7, 11) is 2.51. The minimum Gasteiger partial charge on any atom is -0.466 e. The van der Waals surface area contributed by atoms with E-state index in [0.717, 1.165) is 37.0 Å². The smallest absolute Gasteiger partial charge is 0.354 e. The number of ether oxygens (including phenoxy) is 3. The predicted octanol–water partition coefficient (Wildman–Crippen LogP) is 1.16. The molecule has 1 aliphatic heterocycles. The third kappa shape index (κ3) is 5.07. The van der Waals surface area contributed by atoms with Crippen molar-refractivity contribution in [3.05, 3.63) is 41.6 Å². The van der Waals surface area contributed by atoms with Crippen LogP contribution in [0.25, 0.3) is 0 Å². The van der Waals surface area contributed by atoms with Crippen LogP contribution in [-0.4, -0.2) is 57.4 Å². The highest BCUT2D eigenvalue weighted by Gasteiger charge is 2.16. The summed E-state index contributed by atoms with van der Waals surface area (Å²) in [5.74, 6) is -1.27. The van der Waals surface area contributed by atoms with E-state index in [1.165, 1.54) is 14.2 Å². The molecule has 0 aromatic heterocycles. The lowest BCUT2D eigenvalue weighted by atomic mass is 10.1. The first-order valence-corrected chi connectivity index (χ1v) is 7.67. The summed E-state index contributed by atoms with van der Waals surface area (Å²) in [6.45, 7) is 3.86. The molecule has 1 aromatic rings. The Kier molecular flexibility index (Phi) is 6.77. The van der Waals surface area contributed by atoms with Gasteiger partial charge in [0, 0.05) is 25.3 Å². The molecule has 1 saturated heterocycles. The van der Waals surface area contributed by atoms with Gasteiger partial charge in [-0.05, 0) is 11.6 Å². The highest BCUT2D eigenvalue weighted by molar-refractivity contribution is 5.98. The van der Waals surface area contributed by atoms with E-state index in [-0.39, 0.29) is 5.70 Å². The first kappa shape index (κ1) is 18.0. The Balaban J connectivity index is 2.18. The molecule has 7 nitrogen and oxygen atoms in total. The summed E-state index contributed by atoms with van der Waals surface area (Å²) in [4.78, 5) is 25.6. The number of nitrogens with zero attached hydrogens (tertiary/aromatic N) is 1. The van der Waals surface area contributed by atoms with Crippen LogP contribution in [0.3, 0.4) is 0 Å². The minimum atomic E-state index is -0.637. The molecule has 0 aliphatic carbocycles. The second kappa shape index (κ2) is 9.05. The van der Waals surface area contributed by atoms with Gasteiger partial charge in [0.15, 0.2) is 0 Å². The zero-order valence-electron chi connectivity index (χ0n) is 13.9. The van der Waals surface area contributed by atoms with Crippen LogP contribution in [0, 0.1) is 0 Å². The number of benzene rings is 1. The number of hydrogen-bond donors (Lipinski definition) is 1. The topological polar surface area (TPSA) is 77.1 Å². The van der Waals surface area contributed by atoms with Crippen LogP contribution in [0.2, 0.25) is 0 Å². The zero-order chi connectivity index (χ0) is 17.4. The standard InChI is InChI=1S/C17H22N2O5/c1-22-16(20)11-15(17(21)23-2)18-14-6-4-3-5-13(14)12-19-7-9-24-10-8-19/h3-6,11,18H,7-10,12H2,1-2H3/b15-11+. The molecular weight excluding hydrogens is 312 g/mol. The number of nitrogens with one attached hydrogen (secondary N) is 1. The second-order valence-corrected chi connectivity index (χ2v) is 5.24. The van der Waals surface area contributed by atoms with Crippen LogP contribution >= 0.6 is 0 Å². The molecule has 130 valence electrons. The first-order chi connectivity index (χ1) is 11.6. The van der Waals surface area contributed by atoms with E-state index in [1.54, 1.807) is 0 Å². The lowest BCUT2D eigenvalue weighted by molar-refractivity contribution is -0.138. The molecule has 7 heteroatoms. The molecule has 1 aromatic carbocycles. The van der Waals surface area contributed by atoms with Gasteiger partial charge in [-0.25, -0.2) is 9.59 Å². The molecule has 0 atom stereocenters. The van der Waals surface area contributed by atoms with E-state index >= 15 is 0 Å². The summed E-state index contributed by atoms with van der Waals surface area (Å²) in [5.41, 5.74) is 1.78. The average Bonchev–Trinajstić information content (AvgIpc) is 2.62. The van der Waals surface area contributed by atoms with Crippen molar-refractivity contribution >= 4 is 17.6 Å². The van der Waals surface area contributed by atoms with Crippen molar-refractivity contribution in [3.8, 4) is 0 Å². The fourth-order valence-electron chi connectivity index (χ4n) is 2.36. The Bertz CT molecular complexity index is 609. The molecule has 1 fully saturated rings. The molecule has 0 unspecified atom stereocenters. The normalized spacial score (nSPS) is 15.7. The number of rotatable bonds is 6. The van der Waals surface area contributed by atoms with Crippen molar-refractivity contribution in [1.29, 1.82) is 0 Å². The Labute approximate surface area is 141 Å². The van der Waals surface area contributed by atoms with E-state index < -0.39 is 11.9 Å². The van der Waals surface area contributed by atoms with Crippen molar-refractivity contribution in [3.63, 3.8) is 0 Å². The highest BCUT2D eigenvalue weighted by Crippen LogP contribution is 2.20. The van der Waals surface area contributed by atoms with Gasteiger partial charge < -0.3 is 19.5 Å². The van der Waals surface area contributed by atoms with Gasteiger partial charge >= 0.3 is 11.9 Å². The van der Waals surface area contributed by atoms with Gasteiger partial charge in [0.1, 0.15) is 5.70 Å². The maximum atomic E-state index is 11.9. The Morgan fingerprint density at radius 1 is 1.21 bits per heavy atom. The number of anilines is 1. The number of para-hydroxylation sites is 1. The van der Waals surface area contributed by atoms with Crippen LogP contribution in [0.4, 0.5) is 5.69 Å². The van der Waals surface area contributed by atoms with Gasteiger partial charge in [0.05, 0.1) is 33.5 Å². The van der Waals surface area contributed by atoms with E-state index in [2.05, 4.69) is 15.0 Å². The largest absolute Gasteiger partial charge is 0.466 e. The van der Waals surface area contributed by atoms with Crippen LogP contribution in [0.1, 0.15) is 5.56 Å². The summed E-state index contributed by atoms with van der Waals surface area (Å²) >= 11 is 0. The highest BCUT2D eigenvalue weighted by atomic mass is 16.5. The summed E-state index contributed by atoms with van der Waals surface area (Å²) in [6, 6.07) is 7.62. The monoisotopic (exact) mass is 334 g/mol. The van der Waals surface area contributed by atoms with Gasteiger partial charge in [-0.15, -0.1) is 0 Å². The lowest BCUT2D eigenvalue weighted by Crippen LogP contribution is -2.35. The number of carbonyl (C=O) groups is 2. The second-order valence-electron chi connectivity index (χ2n) is 5.24. The SMILES string of the molecule is COC(=O)/C=C(/Nc1ccccc1CN1CCOCC1)C(=O)OC. The Hall–Kier alpha value is -2.38. The number of methoxy groups -OCH3 is 2. The molecule has 1 heterocycles.